The molecule has 1 fully saturated rings. The third-order valence-electron chi connectivity index (χ3n) is 3.94. The summed E-state index contributed by atoms with van der Waals surface area (Å²) >= 11 is 6.05. The van der Waals surface area contributed by atoms with Gasteiger partial charge in [-0.1, -0.05) is 18.0 Å². The lowest BCUT2D eigenvalue weighted by Crippen LogP contribution is -2.17. The van der Waals surface area contributed by atoms with Crippen LogP contribution in [0.25, 0.3) is 11.1 Å². The van der Waals surface area contributed by atoms with Gasteiger partial charge in [-0.25, -0.2) is 4.98 Å². The quantitative estimate of drug-likeness (QED) is 0.901. The Hall–Kier alpha value is -1.06. The van der Waals surface area contributed by atoms with Crippen LogP contribution in [-0.4, -0.2) is 11.5 Å². The molecule has 1 aromatic heterocycles. The zero-order valence-corrected chi connectivity index (χ0v) is 11.2. The van der Waals surface area contributed by atoms with Crippen molar-refractivity contribution in [3.63, 3.8) is 0 Å². The van der Waals surface area contributed by atoms with Gasteiger partial charge in [0.25, 0.3) is 0 Å². The predicted molar refractivity (Wildman–Crippen MR) is 72.9 cm³/mol. The predicted octanol–water partition coefficient (Wildman–Crippen LogP) is 3.63. The molecule has 0 spiro atoms. The number of oxazole rings is 1. The minimum absolute atomic E-state index is 0.376. The molecule has 3 nitrogen and oxygen atoms in total. The lowest BCUT2D eigenvalue weighted by Gasteiger charge is -2.13. The van der Waals surface area contributed by atoms with Gasteiger partial charge in [0.15, 0.2) is 11.5 Å². The summed E-state index contributed by atoms with van der Waals surface area (Å²) in [6.45, 7) is 2.71. The molecular formula is C14H17ClN2O. The van der Waals surface area contributed by atoms with E-state index in [1.807, 2.05) is 19.1 Å². The highest BCUT2D eigenvalue weighted by Gasteiger charge is 2.31. The van der Waals surface area contributed by atoms with E-state index in [2.05, 4.69) is 4.98 Å². The molecule has 2 aromatic rings. The largest absolute Gasteiger partial charge is 0.440 e. The van der Waals surface area contributed by atoms with Crippen LogP contribution >= 0.6 is 11.6 Å². The van der Waals surface area contributed by atoms with Crippen LogP contribution in [0, 0.1) is 12.8 Å². The molecule has 1 aliphatic carbocycles. The highest BCUT2D eigenvalue weighted by Crippen LogP contribution is 2.40. The minimum Gasteiger partial charge on any atom is -0.440 e. The fourth-order valence-corrected chi connectivity index (χ4v) is 3.24. The minimum atomic E-state index is 0.376. The van der Waals surface area contributed by atoms with E-state index in [0.29, 0.717) is 23.4 Å². The molecule has 4 heteroatoms. The van der Waals surface area contributed by atoms with Crippen molar-refractivity contribution in [1.29, 1.82) is 0 Å². The molecule has 2 N–H and O–H groups in total. The van der Waals surface area contributed by atoms with E-state index in [4.69, 9.17) is 21.8 Å². The van der Waals surface area contributed by atoms with Crippen LogP contribution in [0.2, 0.25) is 5.02 Å². The first-order valence-electron chi connectivity index (χ1n) is 6.45. The molecule has 0 radical (unpaired) electrons. The Balaban J connectivity index is 2.05. The van der Waals surface area contributed by atoms with Crippen molar-refractivity contribution in [2.24, 2.45) is 11.7 Å². The first-order chi connectivity index (χ1) is 8.69. The van der Waals surface area contributed by atoms with Crippen molar-refractivity contribution >= 4 is 22.7 Å². The lowest BCUT2D eigenvalue weighted by molar-refractivity contribution is 0.401. The second-order valence-electron chi connectivity index (χ2n) is 5.16. The normalized spacial score (nSPS) is 23.9. The molecule has 0 saturated heterocycles. The SMILES string of the molecule is Cc1cc(Cl)cc2nc(C3CCCC3CN)oc12. The molecule has 1 heterocycles. The van der Waals surface area contributed by atoms with E-state index >= 15 is 0 Å². The van der Waals surface area contributed by atoms with E-state index in [0.717, 1.165) is 29.0 Å². The van der Waals surface area contributed by atoms with E-state index in [-0.39, 0.29) is 0 Å². The maximum absolute atomic E-state index is 6.05. The first-order valence-corrected chi connectivity index (χ1v) is 6.83. The van der Waals surface area contributed by atoms with Crippen LogP contribution in [0.15, 0.2) is 16.5 Å². The summed E-state index contributed by atoms with van der Waals surface area (Å²) in [7, 11) is 0. The molecule has 1 aliphatic rings. The Morgan fingerprint density at radius 2 is 2.28 bits per heavy atom. The van der Waals surface area contributed by atoms with E-state index in [9.17, 15) is 0 Å². The maximum atomic E-state index is 6.05. The van der Waals surface area contributed by atoms with Crippen molar-refractivity contribution in [1.82, 2.24) is 4.98 Å². The van der Waals surface area contributed by atoms with E-state index in [1.54, 1.807) is 0 Å². The lowest BCUT2D eigenvalue weighted by atomic mass is 9.96. The molecule has 2 unspecified atom stereocenters. The van der Waals surface area contributed by atoms with Crippen LogP contribution in [0.3, 0.4) is 0 Å². The molecule has 1 saturated carbocycles. The third-order valence-corrected chi connectivity index (χ3v) is 4.15. The Kier molecular flexibility index (Phi) is 3.04. The molecule has 0 aliphatic heterocycles. The molecular weight excluding hydrogens is 248 g/mol. The van der Waals surface area contributed by atoms with E-state index < -0.39 is 0 Å². The average Bonchev–Trinajstić information content (AvgIpc) is 2.92. The fraction of sp³-hybridized carbons (Fsp3) is 0.500. The Morgan fingerprint density at radius 1 is 1.44 bits per heavy atom. The number of hydrogen-bond donors (Lipinski definition) is 1. The summed E-state index contributed by atoms with van der Waals surface area (Å²) in [6.07, 6.45) is 3.52. The molecule has 96 valence electrons. The number of halogens is 1. The highest BCUT2D eigenvalue weighted by molar-refractivity contribution is 6.31. The van der Waals surface area contributed by atoms with Gasteiger partial charge in [-0.05, 0) is 49.9 Å². The van der Waals surface area contributed by atoms with Crippen LogP contribution in [0.4, 0.5) is 0 Å². The van der Waals surface area contributed by atoms with Gasteiger partial charge in [0, 0.05) is 10.9 Å². The van der Waals surface area contributed by atoms with Gasteiger partial charge >= 0.3 is 0 Å². The summed E-state index contributed by atoms with van der Waals surface area (Å²) in [5.41, 5.74) is 8.58. The monoisotopic (exact) mass is 264 g/mol. The second kappa shape index (κ2) is 4.56. The highest BCUT2D eigenvalue weighted by atomic mass is 35.5. The van der Waals surface area contributed by atoms with Gasteiger partial charge in [0.1, 0.15) is 5.52 Å². The number of fused-ring (bicyclic) bond motifs is 1. The van der Waals surface area contributed by atoms with Crippen molar-refractivity contribution in [2.45, 2.75) is 32.1 Å². The van der Waals surface area contributed by atoms with Gasteiger partial charge in [-0.3, -0.25) is 0 Å². The number of rotatable bonds is 2. The van der Waals surface area contributed by atoms with Gasteiger partial charge in [0.2, 0.25) is 0 Å². The Morgan fingerprint density at radius 3 is 3.06 bits per heavy atom. The smallest absolute Gasteiger partial charge is 0.198 e. The van der Waals surface area contributed by atoms with Gasteiger partial charge in [0.05, 0.1) is 0 Å². The maximum Gasteiger partial charge on any atom is 0.198 e. The van der Waals surface area contributed by atoms with Gasteiger partial charge < -0.3 is 10.2 Å². The Labute approximate surface area is 111 Å². The van der Waals surface area contributed by atoms with Crippen molar-refractivity contribution in [3.8, 4) is 0 Å². The third kappa shape index (κ3) is 1.91. The van der Waals surface area contributed by atoms with Crippen LogP contribution in [0.1, 0.15) is 36.6 Å². The van der Waals surface area contributed by atoms with Crippen LogP contribution < -0.4 is 5.73 Å². The topological polar surface area (TPSA) is 52.0 Å². The molecule has 3 rings (SSSR count). The van der Waals surface area contributed by atoms with E-state index in [1.165, 1.54) is 12.8 Å². The average molecular weight is 265 g/mol. The summed E-state index contributed by atoms with van der Waals surface area (Å²) < 4.78 is 5.94. The number of benzene rings is 1. The molecule has 0 bridgehead atoms. The van der Waals surface area contributed by atoms with Crippen molar-refractivity contribution in [2.75, 3.05) is 6.54 Å². The number of nitrogens with two attached hydrogens (primary N) is 1. The molecule has 1 aromatic carbocycles. The van der Waals surface area contributed by atoms with Gasteiger partial charge in [-0.2, -0.15) is 0 Å². The summed E-state index contributed by atoms with van der Waals surface area (Å²) in [4.78, 5) is 4.61. The van der Waals surface area contributed by atoms with Crippen molar-refractivity contribution in [3.05, 3.63) is 28.6 Å². The number of aromatic nitrogens is 1. The molecule has 18 heavy (non-hydrogen) atoms. The standard InChI is InChI=1S/C14H17ClN2O/c1-8-5-10(15)6-12-13(8)18-14(17-12)11-4-2-3-9(11)7-16/h5-6,9,11H,2-4,7,16H2,1H3. The Bertz CT molecular complexity index is 578. The van der Waals surface area contributed by atoms with Crippen LogP contribution in [-0.2, 0) is 0 Å². The zero-order valence-electron chi connectivity index (χ0n) is 10.4. The number of nitrogens with zero attached hydrogens (tertiary/aromatic N) is 1. The number of aryl methyl sites for hydroxylation is 1. The summed E-state index contributed by atoms with van der Waals surface area (Å²) in [5, 5.41) is 0.710. The molecule has 0 amide bonds. The summed E-state index contributed by atoms with van der Waals surface area (Å²) in [5.74, 6) is 1.72. The van der Waals surface area contributed by atoms with Crippen molar-refractivity contribution < 1.29 is 4.42 Å². The van der Waals surface area contributed by atoms with Crippen LogP contribution in [0.5, 0.6) is 0 Å². The fourth-order valence-electron chi connectivity index (χ4n) is 2.98. The molecule has 2 atom stereocenters. The second-order valence-corrected chi connectivity index (χ2v) is 5.59. The summed E-state index contributed by atoms with van der Waals surface area (Å²) in [6, 6.07) is 3.78. The van der Waals surface area contributed by atoms with Gasteiger partial charge in [-0.15, -0.1) is 0 Å². The zero-order chi connectivity index (χ0) is 12.7. The number of hydrogen-bond acceptors (Lipinski definition) is 3. The first kappa shape index (κ1) is 12.0.